The molecule has 5 heteroatoms. The van der Waals surface area contributed by atoms with Gasteiger partial charge in [-0.2, -0.15) is 0 Å². The molecule has 24 heavy (non-hydrogen) atoms. The zero-order chi connectivity index (χ0) is 16.9. The Balaban J connectivity index is 1.83. The highest BCUT2D eigenvalue weighted by Crippen LogP contribution is 2.36. The number of carbonyl (C=O) groups excluding carboxylic acids is 1. The van der Waals surface area contributed by atoms with E-state index in [4.69, 9.17) is 16.3 Å². The molecule has 0 bridgehead atoms. The van der Waals surface area contributed by atoms with Crippen LogP contribution in [0, 0.1) is 0 Å². The number of anilines is 1. The summed E-state index contributed by atoms with van der Waals surface area (Å²) in [6.45, 7) is 2.74. The monoisotopic (exact) mass is 359 g/mol. The molecule has 0 aliphatic carbocycles. The minimum absolute atomic E-state index is 0.215. The Labute approximate surface area is 150 Å². The molecule has 0 radical (unpaired) electrons. The van der Waals surface area contributed by atoms with Crippen LogP contribution >= 0.6 is 22.9 Å². The average molecular weight is 360 g/mol. The van der Waals surface area contributed by atoms with Crippen LogP contribution in [0.15, 0.2) is 48.5 Å². The summed E-state index contributed by atoms with van der Waals surface area (Å²) in [7, 11) is 0. The second-order valence-corrected chi connectivity index (χ2v) is 6.82. The second kappa shape index (κ2) is 7.69. The van der Waals surface area contributed by atoms with Gasteiger partial charge < -0.3 is 10.1 Å². The lowest BCUT2D eigenvalue weighted by molar-refractivity contribution is 0.103. The van der Waals surface area contributed by atoms with Crippen LogP contribution in [0.4, 0.5) is 5.69 Å². The highest BCUT2D eigenvalue weighted by molar-refractivity contribution is 7.21. The minimum Gasteiger partial charge on any atom is -0.491 e. The van der Waals surface area contributed by atoms with E-state index in [0.717, 1.165) is 22.9 Å². The summed E-state index contributed by atoms with van der Waals surface area (Å²) in [6.07, 6.45) is 2.04. The van der Waals surface area contributed by atoms with E-state index >= 15 is 0 Å². The summed E-state index contributed by atoms with van der Waals surface area (Å²) in [5.41, 5.74) is 0.659. The van der Waals surface area contributed by atoms with E-state index < -0.39 is 0 Å². The highest BCUT2D eigenvalue weighted by Gasteiger charge is 2.18. The van der Waals surface area contributed by atoms with Gasteiger partial charge in [0.1, 0.15) is 10.6 Å². The lowest BCUT2D eigenvalue weighted by atomic mass is 10.2. The van der Waals surface area contributed by atoms with Crippen LogP contribution in [0.3, 0.4) is 0 Å². The van der Waals surface area contributed by atoms with Crippen molar-refractivity contribution in [2.45, 2.75) is 19.8 Å². The van der Waals surface area contributed by atoms with E-state index in [9.17, 15) is 4.79 Å². The van der Waals surface area contributed by atoms with Crippen LogP contribution in [0.5, 0.6) is 5.75 Å². The number of fused-ring (bicyclic) bond motifs is 1. The summed E-state index contributed by atoms with van der Waals surface area (Å²) in [4.78, 5) is 13.2. The normalized spacial score (nSPS) is 10.8. The Morgan fingerprint density at radius 2 is 1.92 bits per heavy atom. The molecule has 1 N–H and O–H groups in total. The number of carbonyl (C=O) groups is 1. The van der Waals surface area contributed by atoms with E-state index in [1.807, 2.05) is 48.5 Å². The van der Waals surface area contributed by atoms with Crippen LogP contribution in [-0.4, -0.2) is 12.5 Å². The van der Waals surface area contributed by atoms with Crippen molar-refractivity contribution in [2.75, 3.05) is 11.9 Å². The van der Waals surface area contributed by atoms with Crippen LogP contribution < -0.4 is 10.1 Å². The molecule has 3 aromatic rings. The van der Waals surface area contributed by atoms with E-state index in [0.29, 0.717) is 27.9 Å². The largest absolute Gasteiger partial charge is 0.491 e. The van der Waals surface area contributed by atoms with Crippen molar-refractivity contribution in [3.63, 3.8) is 0 Å². The zero-order valence-electron chi connectivity index (χ0n) is 13.3. The van der Waals surface area contributed by atoms with Gasteiger partial charge in [0.25, 0.3) is 5.91 Å². The molecule has 0 unspecified atom stereocenters. The van der Waals surface area contributed by atoms with Gasteiger partial charge in [-0.05, 0) is 24.6 Å². The molecule has 0 atom stereocenters. The molecule has 0 saturated heterocycles. The van der Waals surface area contributed by atoms with Gasteiger partial charge in [0.2, 0.25) is 0 Å². The van der Waals surface area contributed by atoms with Crippen molar-refractivity contribution in [1.29, 1.82) is 0 Å². The summed E-state index contributed by atoms with van der Waals surface area (Å²) in [5, 5.41) is 4.32. The Kier molecular flexibility index (Phi) is 5.38. The Hall–Kier alpha value is -2.04. The number of rotatable bonds is 6. The first-order chi connectivity index (χ1) is 11.7. The molecule has 0 saturated carbocycles. The molecular formula is C19H18ClNO2S. The van der Waals surface area contributed by atoms with Gasteiger partial charge in [0.15, 0.2) is 0 Å². The summed E-state index contributed by atoms with van der Waals surface area (Å²) in [5.74, 6) is 0.462. The zero-order valence-corrected chi connectivity index (χ0v) is 14.9. The molecule has 1 amide bonds. The smallest absolute Gasteiger partial charge is 0.267 e. The number of ether oxygens (including phenoxy) is 1. The maximum atomic E-state index is 12.6. The van der Waals surface area contributed by atoms with Crippen molar-refractivity contribution in [2.24, 2.45) is 0 Å². The van der Waals surface area contributed by atoms with Crippen LogP contribution in [0.2, 0.25) is 5.02 Å². The van der Waals surface area contributed by atoms with E-state index in [1.165, 1.54) is 11.3 Å². The van der Waals surface area contributed by atoms with Gasteiger partial charge in [0.05, 0.1) is 17.3 Å². The number of benzene rings is 2. The molecule has 0 spiro atoms. The summed E-state index contributed by atoms with van der Waals surface area (Å²) >= 11 is 7.77. The van der Waals surface area contributed by atoms with E-state index in [-0.39, 0.29) is 5.91 Å². The molecule has 3 rings (SSSR count). The lowest BCUT2D eigenvalue weighted by Gasteiger charge is -2.11. The van der Waals surface area contributed by atoms with Gasteiger partial charge in [-0.1, -0.05) is 55.3 Å². The van der Waals surface area contributed by atoms with Crippen molar-refractivity contribution in [1.82, 2.24) is 0 Å². The second-order valence-electron chi connectivity index (χ2n) is 5.39. The third-order valence-corrected chi connectivity index (χ3v) is 5.31. The van der Waals surface area contributed by atoms with Crippen molar-refractivity contribution < 1.29 is 9.53 Å². The first kappa shape index (κ1) is 16.8. The predicted octanol–water partition coefficient (Wildman–Crippen LogP) is 5.99. The van der Waals surface area contributed by atoms with Gasteiger partial charge in [-0.15, -0.1) is 11.3 Å². The number of hydrogen-bond acceptors (Lipinski definition) is 3. The Bertz CT molecular complexity index is 859. The molecule has 124 valence electrons. The predicted molar refractivity (Wildman–Crippen MR) is 102 cm³/mol. The number of nitrogens with one attached hydrogen (secondary N) is 1. The fraction of sp³-hybridized carbons (Fsp3) is 0.211. The third kappa shape index (κ3) is 3.55. The lowest BCUT2D eigenvalue weighted by Crippen LogP contribution is -2.12. The molecule has 3 nitrogen and oxygen atoms in total. The van der Waals surface area contributed by atoms with E-state index in [1.54, 1.807) is 0 Å². The first-order valence-corrected chi connectivity index (χ1v) is 9.10. The highest BCUT2D eigenvalue weighted by atomic mass is 35.5. The van der Waals surface area contributed by atoms with Gasteiger partial charge in [-0.25, -0.2) is 0 Å². The quantitative estimate of drug-likeness (QED) is 0.549. The maximum Gasteiger partial charge on any atom is 0.267 e. The number of unbranched alkanes of at least 4 members (excludes halogenated alkanes) is 1. The number of para-hydroxylation sites is 2. The van der Waals surface area contributed by atoms with Crippen LogP contribution in [0.1, 0.15) is 29.4 Å². The van der Waals surface area contributed by atoms with Crippen LogP contribution in [0.25, 0.3) is 10.1 Å². The molecule has 1 aromatic heterocycles. The molecule has 2 aromatic carbocycles. The SMILES string of the molecule is CCCCOc1ccccc1NC(=O)c1sc2ccccc2c1Cl. The summed E-state index contributed by atoms with van der Waals surface area (Å²) in [6, 6.07) is 15.2. The number of hydrogen-bond donors (Lipinski definition) is 1. The Morgan fingerprint density at radius 3 is 2.71 bits per heavy atom. The van der Waals surface area contributed by atoms with Crippen molar-refractivity contribution >= 4 is 44.6 Å². The number of amides is 1. The molecule has 0 aliphatic rings. The third-order valence-electron chi connectivity index (χ3n) is 3.63. The summed E-state index contributed by atoms with van der Waals surface area (Å²) < 4.78 is 6.76. The number of halogens is 1. The maximum absolute atomic E-state index is 12.6. The average Bonchev–Trinajstić information content (AvgIpc) is 2.94. The topological polar surface area (TPSA) is 38.3 Å². The van der Waals surface area contributed by atoms with Gasteiger partial charge in [-0.3, -0.25) is 4.79 Å². The molecule has 0 aliphatic heterocycles. The minimum atomic E-state index is -0.215. The van der Waals surface area contributed by atoms with Crippen LogP contribution in [-0.2, 0) is 0 Å². The van der Waals surface area contributed by atoms with Gasteiger partial charge in [0, 0.05) is 10.1 Å². The first-order valence-electron chi connectivity index (χ1n) is 7.91. The molecule has 1 heterocycles. The fourth-order valence-corrected chi connectivity index (χ4v) is 3.77. The standard InChI is InChI=1S/C19H18ClNO2S/c1-2-3-12-23-15-10-6-5-9-14(15)21-19(22)18-17(20)13-8-4-7-11-16(13)24-18/h4-11H,2-3,12H2,1H3,(H,21,22). The van der Waals surface area contributed by atoms with Gasteiger partial charge >= 0.3 is 0 Å². The fourth-order valence-electron chi connectivity index (χ4n) is 2.36. The van der Waals surface area contributed by atoms with Crippen molar-refractivity contribution in [3.8, 4) is 5.75 Å². The van der Waals surface area contributed by atoms with Crippen molar-refractivity contribution in [3.05, 3.63) is 58.4 Å². The van der Waals surface area contributed by atoms with E-state index in [2.05, 4.69) is 12.2 Å². The molecule has 0 fully saturated rings. The molecular weight excluding hydrogens is 342 g/mol. The Morgan fingerprint density at radius 1 is 1.17 bits per heavy atom. The number of thiophene rings is 1.